The van der Waals surface area contributed by atoms with E-state index >= 15 is 0 Å². The van der Waals surface area contributed by atoms with Crippen molar-refractivity contribution < 1.29 is 19.1 Å². The highest BCUT2D eigenvalue weighted by molar-refractivity contribution is 6.04. The number of benzene rings is 2. The summed E-state index contributed by atoms with van der Waals surface area (Å²) in [5, 5.41) is 5.56. The molecule has 1 heterocycles. The van der Waals surface area contributed by atoms with E-state index in [2.05, 4.69) is 10.6 Å². The minimum atomic E-state index is -0.597. The zero-order chi connectivity index (χ0) is 21.5. The molecule has 0 aliphatic rings. The number of carbonyl (C=O) groups excluding carboxylic acids is 3. The molecule has 0 bridgehead atoms. The summed E-state index contributed by atoms with van der Waals surface area (Å²) in [7, 11) is 1.71. The molecule has 0 aliphatic carbocycles. The summed E-state index contributed by atoms with van der Waals surface area (Å²) in [6.07, 6.45) is 1.71. The Balaban J connectivity index is 1.61. The fraction of sp³-hybridized carbons (Fsp3) is 0.174. The van der Waals surface area contributed by atoms with Gasteiger partial charge in [-0.05, 0) is 36.8 Å². The third-order valence-electron chi connectivity index (χ3n) is 4.58. The van der Waals surface area contributed by atoms with Crippen LogP contribution in [0.3, 0.4) is 0 Å². The molecule has 2 amide bonds. The average Bonchev–Trinajstić information content (AvgIpc) is 3.19. The summed E-state index contributed by atoms with van der Waals surface area (Å²) in [6, 6.07) is 19.4. The van der Waals surface area contributed by atoms with Crippen LogP contribution in [0, 0.1) is 0 Å². The van der Waals surface area contributed by atoms with Crippen molar-refractivity contribution in [2.45, 2.75) is 13.0 Å². The maximum absolute atomic E-state index is 12.7. The van der Waals surface area contributed by atoms with Crippen LogP contribution in [-0.4, -0.2) is 29.0 Å². The second-order valence-corrected chi connectivity index (χ2v) is 6.78. The van der Waals surface area contributed by atoms with Gasteiger partial charge in [-0.15, -0.1) is 0 Å². The highest BCUT2D eigenvalue weighted by atomic mass is 16.5. The van der Waals surface area contributed by atoms with Crippen LogP contribution in [0.5, 0.6) is 0 Å². The molecule has 2 N–H and O–H groups in total. The van der Waals surface area contributed by atoms with E-state index in [1.807, 2.05) is 37.3 Å². The number of esters is 1. The van der Waals surface area contributed by atoms with Crippen LogP contribution in [-0.2, 0) is 16.6 Å². The van der Waals surface area contributed by atoms with Gasteiger partial charge in [-0.25, -0.2) is 4.79 Å². The molecule has 0 saturated carbocycles. The van der Waals surface area contributed by atoms with Crippen molar-refractivity contribution in [1.82, 2.24) is 9.88 Å². The molecule has 1 aromatic heterocycles. The molecule has 0 spiro atoms. The summed E-state index contributed by atoms with van der Waals surface area (Å²) < 4.78 is 6.66. The molecule has 7 nitrogen and oxygen atoms in total. The van der Waals surface area contributed by atoms with E-state index in [0.717, 1.165) is 5.56 Å². The number of carbonyl (C=O) groups is 3. The van der Waals surface area contributed by atoms with Gasteiger partial charge in [-0.1, -0.05) is 42.5 Å². The molecule has 154 valence electrons. The first kappa shape index (κ1) is 20.9. The number of para-hydroxylation sites is 1. The van der Waals surface area contributed by atoms with Crippen molar-refractivity contribution in [1.29, 1.82) is 0 Å². The lowest BCUT2D eigenvalue weighted by molar-refractivity contribution is -0.119. The number of hydrogen-bond donors (Lipinski definition) is 2. The van der Waals surface area contributed by atoms with Gasteiger partial charge in [0.15, 0.2) is 6.61 Å². The molecule has 7 heteroatoms. The molecule has 0 saturated heterocycles. The normalized spacial score (nSPS) is 11.4. The molecule has 3 aromatic rings. The van der Waals surface area contributed by atoms with Gasteiger partial charge >= 0.3 is 5.97 Å². The van der Waals surface area contributed by atoms with E-state index in [1.165, 1.54) is 0 Å². The first-order chi connectivity index (χ1) is 14.5. The standard InChI is InChI=1S/C23H23N3O4/c1-16(17-9-4-3-5-10-17)24-22(28)18-11-6-7-12-19(18)25-21(27)15-30-23(29)20-13-8-14-26(20)2/h3-14,16H,15H2,1-2H3,(H,24,28)(H,25,27)/t16-/m0/s1. The van der Waals surface area contributed by atoms with E-state index < -0.39 is 18.5 Å². The largest absolute Gasteiger partial charge is 0.451 e. The van der Waals surface area contributed by atoms with Gasteiger partial charge < -0.3 is 19.9 Å². The predicted molar refractivity (Wildman–Crippen MR) is 113 cm³/mol. The SMILES string of the molecule is C[C@H](NC(=O)c1ccccc1NC(=O)COC(=O)c1cccn1C)c1ccccc1. The summed E-state index contributed by atoms with van der Waals surface area (Å²) in [6.45, 7) is 1.43. The molecule has 0 fully saturated rings. The second kappa shape index (κ2) is 9.56. The van der Waals surface area contributed by atoms with Crippen LogP contribution >= 0.6 is 0 Å². The van der Waals surface area contributed by atoms with Crippen LogP contribution in [0.1, 0.15) is 39.4 Å². The van der Waals surface area contributed by atoms with Gasteiger partial charge in [0.2, 0.25) is 0 Å². The Morgan fingerprint density at radius 1 is 0.967 bits per heavy atom. The fourth-order valence-corrected chi connectivity index (χ4v) is 2.95. The van der Waals surface area contributed by atoms with E-state index in [9.17, 15) is 14.4 Å². The van der Waals surface area contributed by atoms with Crippen LogP contribution in [0.15, 0.2) is 72.9 Å². The van der Waals surface area contributed by atoms with Gasteiger partial charge in [0.25, 0.3) is 11.8 Å². The molecule has 3 rings (SSSR count). The first-order valence-corrected chi connectivity index (χ1v) is 9.49. The maximum Gasteiger partial charge on any atom is 0.355 e. The topological polar surface area (TPSA) is 89.4 Å². The molecule has 30 heavy (non-hydrogen) atoms. The predicted octanol–water partition coefficient (Wildman–Crippen LogP) is 3.31. The maximum atomic E-state index is 12.7. The Labute approximate surface area is 174 Å². The number of anilines is 1. The fourth-order valence-electron chi connectivity index (χ4n) is 2.95. The Morgan fingerprint density at radius 3 is 2.37 bits per heavy atom. The highest BCUT2D eigenvalue weighted by Crippen LogP contribution is 2.18. The van der Waals surface area contributed by atoms with Gasteiger partial charge in [0.1, 0.15) is 5.69 Å². The average molecular weight is 405 g/mol. The van der Waals surface area contributed by atoms with E-state index in [0.29, 0.717) is 16.9 Å². The lowest BCUT2D eigenvalue weighted by Gasteiger charge is -2.16. The number of rotatable bonds is 7. The first-order valence-electron chi connectivity index (χ1n) is 9.49. The van der Waals surface area contributed by atoms with Crippen LogP contribution in [0.4, 0.5) is 5.69 Å². The summed E-state index contributed by atoms with van der Waals surface area (Å²) in [4.78, 5) is 37.0. The van der Waals surface area contributed by atoms with E-state index in [4.69, 9.17) is 4.74 Å². The lowest BCUT2D eigenvalue weighted by Crippen LogP contribution is -2.28. The molecular formula is C23H23N3O4. The van der Waals surface area contributed by atoms with E-state index in [-0.39, 0.29) is 11.9 Å². The second-order valence-electron chi connectivity index (χ2n) is 6.78. The Kier molecular flexibility index (Phi) is 6.64. The number of ether oxygens (including phenoxy) is 1. The van der Waals surface area contributed by atoms with Crippen molar-refractivity contribution >= 4 is 23.5 Å². The zero-order valence-electron chi connectivity index (χ0n) is 16.8. The number of nitrogens with one attached hydrogen (secondary N) is 2. The van der Waals surface area contributed by atoms with Gasteiger partial charge in [-0.3, -0.25) is 9.59 Å². The molecule has 1 atom stereocenters. The Morgan fingerprint density at radius 2 is 1.67 bits per heavy atom. The van der Waals surface area contributed by atoms with Crippen molar-refractivity contribution in [2.75, 3.05) is 11.9 Å². The minimum absolute atomic E-state index is 0.200. The van der Waals surface area contributed by atoms with Crippen LogP contribution in [0.25, 0.3) is 0 Å². The number of hydrogen-bond acceptors (Lipinski definition) is 4. The van der Waals surface area contributed by atoms with Gasteiger partial charge in [0.05, 0.1) is 17.3 Å². The molecular weight excluding hydrogens is 382 g/mol. The smallest absolute Gasteiger partial charge is 0.355 e. The van der Waals surface area contributed by atoms with Crippen molar-refractivity contribution in [3.8, 4) is 0 Å². The lowest BCUT2D eigenvalue weighted by atomic mass is 10.1. The number of aromatic nitrogens is 1. The highest BCUT2D eigenvalue weighted by Gasteiger charge is 2.17. The summed E-state index contributed by atoms with van der Waals surface area (Å²) in [5.74, 6) is -1.45. The summed E-state index contributed by atoms with van der Waals surface area (Å²) >= 11 is 0. The monoisotopic (exact) mass is 405 g/mol. The number of amides is 2. The van der Waals surface area contributed by atoms with Crippen LogP contribution < -0.4 is 10.6 Å². The van der Waals surface area contributed by atoms with Gasteiger partial charge in [0, 0.05) is 13.2 Å². The molecule has 0 radical (unpaired) electrons. The van der Waals surface area contributed by atoms with Crippen LogP contribution in [0.2, 0.25) is 0 Å². The quantitative estimate of drug-likeness (QED) is 0.590. The van der Waals surface area contributed by atoms with Crippen molar-refractivity contribution in [2.24, 2.45) is 7.05 Å². The third kappa shape index (κ3) is 5.14. The van der Waals surface area contributed by atoms with Crippen molar-refractivity contribution in [3.63, 3.8) is 0 Å². The number of nitrogens with zero attached hydrogens (tertiary/aromatic N) is 1. The molecule has 2 aromatic carbocycles. The Bertz CT molecular complexity index is 1040. The molecule has 0 unspecified atom stereocenters. The third-order valence-corrected chi connectivity index (χ3v) is 4.58. The zero-order valence-corrected chi connectivity index (χ0v) is 16.8. The van der Waals surface area contributed by atoms with E-state index in [1.54, 1.807) is 54.2 Å². The molecule has 0 aliphatic heterocycles. The number of aryl methyl sites for hydroxylation is 1. The summed E-state index contributed by atoms with van der Waals surface area (Å²) in [5.41, 5.74) is 1.98. The minimum Gasteiger partial charge on any atom is -0.451 e. The Hall–Kier alpha value is -3.87. The van der Waals surface area contributed by atoms with Gasteiger partial charge in [-0.2, -0.15) is 0 Å². The van der Waals surface area contributed by atoms with Crippen molar-refractivity contribution in [3.05, 3.63) is 89.7 Å².